The first-order valence-corrected chi connectivity index (χ1v) is 23.8. The molecule has 0 heterocycles. The standard InChI is InChI=1S/C47H82NO9P/c1-6-8-10-12-14-16-18-20-22-23-24-26-28-30-32-34-36-44(49)38-39-47(51)57-45(43-56-58(52,53)55-41-40-48(3,4)5)42-54-46(50)37-35-33-31-29-27-25-21-19-17-15-13-11-9-7-2/h8,10,14,16,20,22,24,26,30,32,34,36,44-45,49H,6-7,9,11-13,15,17-19,21,23,25,27-29,31,33,35,37-43H2,1-5H3/p+1/b10-8-,16-14-,22-20-,26-24-,32-30-,36-34-/t44?,45-/m1/s1. The number of hydrogen-bond acceptors (Lipinski definition) is 8. The molecule has 11 heteroatoms. The quantitative estimate of drug-likeness (QED) is 0.0155. The van der Waals surface area contributed by atoms with E-state index in [2.05, 4.69) is 62.5 Å². The minimum atomic E-state index is -4.44. The van der Waals surface area contributed by atoms with Gasteiger partial charge in [-0.2, -0.15) is 0 Å². The smallest absolute Gasteiger partial charge is 0.462 e. The number of nitrogens with zero attached hydrogens (tertiary/aromatic N) is 1. The molecule has 0 rings (SSSR count). The summed E-state index contributed by atoms with van der Waals surface area (Å²) in [6.07, 6.45) is 44.2. The molecule has 0 saturated heterocycles. The third-order valence-corrected chi connectivity index (χ3v) is 10.1. The Morgan fingerprint density at radius 3 is 1.64 bits per heavy atom. The van der Waals surface area contributed by atoms with Gasteiger partial charge in [-0.15, -0.1) is 0 Å². The number of unbranched alkanes of at least 4 members (excludes halogenated alkanes) is 13. The summed E-state index contributed by atoms with van der Waals surface area (Å²) < 4.78 is 34.1. The van der Waals surface area contributed by atoms with Crippen molar-refractivity contribution in [3.8, 4) is 0 Å². The van der Waals surface area contributed by atoms with E-state index in [1.807, 2.05) is 33.3 Å². The normalized spacial score (nSPS) is 14.8. The summed E-state index contributed by atoms with van der Waals surface area (Å²) >= 11 is 0. The molecule has 0 saturated carbocycles. The fourth-order valence-electron chi connectivity index (χ4n) is 5.59. The summed E-state index contributed by atoms with van der Waals surface area (Å²) in [7, 11) is 1.33. The predicted octanol–water partition coefficient (Wildman–Crippen LogP) is 11.6. The summed E-state index contributed by atoms with van der Waals surface area (Å²) in [5.74, 6) is -1.08. The number of esters is 2. The maximum Gasteiger partial charge on any atom is 0.472 e. The largest absolute Gasteiger partial charge is 0.472 e. The number of rotatable bonds is 39. The summed E-state index contributed by atoms with van der Waals surface area (Å²) in [6, 6.07) is 0. The number of allylic oxidation sites excluding steroid dienone is 11. The van der Waals surface area contributed by atoms with Crippen molar-refractivity contribution in [2.24, 2.45) is 0 Å². The first-order valence-electron chi connectivity index (χ1n) is 22.3. The lowest BCUT2D eigenvalue weighted by Gasteiger charge is -2.24. The molecular formula is C47H83NO9P+. The summed E-state index contributed by atoms with van der Waals surface area (Å²) in [5.41, 5.74) is 0. The summed E-state index contributed by atoms with van der Waals surface area (Å²) in [6.45, 7) is 4.02. The lowest BCUT2D eigenvalue weighted by atomic mass is 10.0. The minimum absolute atomic E-state index is 0.0130. The average Bonchev–Trinajstić information content (AvgIpc) is 3.17. The highest BCUT2D eigenvalue weighted by Gasteiger charge is 2.27. The predicted molar refractivity (Wildman–Crippen MR) is 239 cm³/mol. The van der Waals surface area contributed by atoms with Gasteiger partial charge in [-0.25, -0.2) is 4.57 Å². The van der Waals surface area contributed by atoms with Gasteiger partial charge in [0, 0.05) is 12.8 Å². The van der Waals surface area contributed by atoms with Crippen molar-refractivity contribution < 1.29 is 47.2 Å². The Morgan fingerprint density at radius 2 is 1.12 bits per heavy atom. The molecule has 0 aliphatic heterocycles. The monoisotopic (exact) mass is 837 g/mol. The van der Waals surface area contributed by atoms with Crippen molar-refractivity contribution in [1.82, 2.24) is 0 Å². The third kappa shape index (κ3) is 41.6. The van der Waals surface area contributed by atoms with Gasteiger partial charge in [-0.1, -0.05) is 170 Å². The zero-order chi connectivity index (χ0) is 43.0. The topological polar surface area (TPSA) is 129 Å². The number of hydrogen-bond donors (Lipinski definition) is 2. The minimum Gasteiger partial charge on any atom is -0.462 e. The van der Waals surface area contributed by atoms with Crippen molar-refractivity contribution in [3.63, 3.8) is 0 Å². The molecule has 10 nitrogen and oxygen atoms in total. The second-order valence-electron chi connectivity index (χ2n) is 15.9. The van der Waals surface area contributed by atoms with Gasteiger partial charge in [0.05, 0.1) is 33.9 Å². The number of ether oxygens (including phenoxy) is 2. The van der Waals surface area contributed by atoms with E-state index in [1.165, 1.54) is 64.2 Å². The van der Waals surface area contributed by atoms with Crippen LogP contribution >= 0.6 is 7.82 Å². The second kappa shape index (κ2) is 38.6. The van der Waals surface area contributed by atoms with Crippen LogP contribution in [0.3, 0.4) is 0 Å². The molecular weight excluding hydrogens is 753 g/mol. The number of carbonyl (C=O) groups excluding carboxylic acids is 2. The van der Waals surface area contributed by atoms with Gasteiger partial charge in [-0.3, -0.25) is 18.6 Å². The molecule has 0 bridgehead atoms. The molecule has 0 aromatic carbocycles. The second-order valence-corrected chi connectivity index (χ2v) is 17.4. The van der Waals surface area contributed by atoms with Crippen LogP contribution in [0.2, 0.25) is 0 Å². The van der Waals surface area contributed by atoms with Crippen molar-refractivity contribution in [1.29, 1.82) is 0 Å². The number of quaternary nitrogens is 1. The molecule has 334 valence electrons. The van der Waals surface area contributed by atoms with Crippen LogP contribution in [0.1, 0.15) is 155 Å². The Balaban J connectivity index is 4.61. The lowest BCUT2D eigenvalue weighted by molar-refractivity contribution is -0.870. The highest BCUT2D eigenvalue weighted by Crippen LogP contribution is 2.43. The van der Waals surface area contributed by atoms with E-state index in [0.29, 0.717) is 17.4 Å². The lowest BCUT2D eigenvalue weighted by Crippen LogP contribution is -2.37. The molecule has 0 fully saturated rings. The van der Waals surface area contributed by atoms with Crippen LogP contribution in [0.25, 0.3) is 0 Å². The van der Waals surface area contributed by atoms with Gasteiger partial charge in [-0.05, 0) is 44.9 Å². The zero-order valence-electron chi connectivity index (χ0n) is 37.1. The van der Waals surface area contributed by atoms with Crippen LogP contribution in [0.4, 0.5) is 0 Å². The molecule has 0 spiro atoms. The maximum atomic E-state index is 12.7. The molecule has 58 heavy (non-hydrogen) atoms. The van der Waals surface area contributed by atoms with Gasteiger partial charge in [0.25, 0.3) is 0 Å². The molecule has 2 unspecified atom stereocenters. The SMILES string of the molecule is CC/C=C\C/C=C\C/C=C\C/C=C\C/C=C\C=C/C(O)CCC(=O)O[C@H](COC(=O)CCCCCCCCCCCCCCCC)COP(=O)(O)OCC[N+](C)(C)C. The highest BCUT2D eigenvalue weighted by atomic mass is 31.2. The Kier molecular flexibility index (Phi) is 36.9. The van der Waals surface area contributed by atoms with Crippen LogP contribution in [-0.2, 0) is 32.7 Å². The first-order chi connectivity index (χ1) is 27.9. The number of phosphoric acid groups is 1. The van der Waals surface area contributed by atoms with Crippen LogP contribution in [-0.4, -0.2) is 86.1 Å². The van der Waals surface area contributed by atoms with Crippen LogP contribution in [0.15, 0.2) is 72.9 Å². The van der Waals surface area contributed by atoms with Crippen LogP contribution in [0.5, 0.6) is 0 Å². The molecule has 0 aromatic rings. The third-order valence-electron chi connectivity index (χ3n) is 9.12. The molecule has 2 N–H and O–H groups in total. The van der Waals surface area contributed by atoms with Gasteiger partial charge < -0.3 is 24.0 Å². The van der Waals surface area contributed by atoms with Gasteiger partial charge in [0.1, 0.15) is 19.8 Å². The summed E-state index contributed by atoms with van der Waals surface area (Å²) in [5, 5.41) is 10.4. The van der Waals surface area contributed by atoms with Crippen LogP contribution in [0, 0.1) is 0 Å². The van der Waals surface area contributed by atoms with E-state index in [9.17, 15) is 24.2 Å². The molecule has 0 amide bonds. The van der Waals surface area contributed by atoms with Gasteiger partial charge in [0.15, 0.2) is 6.10 Å². The first kappa shape index (κ1) is 55.4. The summed E-state index contributed by atoms with van der Waals surface area (Å²) in [4.78, 5) is 35.4. The Labute approximate surface area is 353 Å². The molecule has 0 aliphatic carbocycles. The van der Waals surface area contributed by atoms with Crippen molar-refractivity contribution >= 4 is 19.8 Å². The fourth-order valence-corrected chi connectivity index (χ4v) is 6.34. The maximum absolute atomic E-state index is 12.7. The number of likely N-dealkylation sites (N-methyl/N-ethyl adjacent to an activating group) is 1. The number of phosphoric ester groups is 1. The fraction of sp³-hybridized carbons (Fsp3) is 0.702. The molecule has 0 aliphatic rings. The van der Waals surface area contributed by atoms with Gasteiger partial charge in [0.2, 0.25) is 0 Å². The number of aliphatic hydroxyl groups is 1. The van der Waals surface area contributed by atoms with Crippen molar-refractivity contribution in [2.45, 2.75) is 167 Å². The molecule has 0 aromatic heterocycles. The van der Waals surface area contributed by atoms with E-state index in [1.54, 1.807) is 12.2 Å². The average molecular weight is 837 g/mol. The van der Waals surface area contributed by atoms with Crippen LogP contribution < -0.4 is 0 Å². The van der Waals surface area contributed by atoms with E-state index in [-0.39, 0.29) is 32.5 Å². The van der Waals surface area contributed by atoms with Crippen molar-refractivity contribution in [3.05, 3.63) is 72.9 Å². The molecule has 3 atom stereocenters. The number of carbonyl (C=O) groups is 2. The van der Waals surface area contributed by atoms with E-state index < -0.39 is 38.6 Å². The van der Waals surface area contributed by atoms with E-state index >= 15 is 0 Å². The van der Waals surface area contributed by atoms with Gasteiger partial charge >= 0.3 is 19.8 Å². The Bertz CT molecular complexity index is 1230. The van der Waals surface area contributed by atoms with Crippen molar-refractivity contribution in [2.75, 3.05) is 47.5 Å². The highest BCUT2D eigenvalue weighted by molar-refractivity contribution is 7.47. The number of aliphatic hydroxyl groups excluding tert-OH is 1. The Morgan fingerprint density at radius 1 is 0.621 bits per heavy atom. The zero-order valence-corrected chi connectivity index (χ0v) is 38.0. The van der Waals surface area contributed by atoms with E-state index in [4.69, 9.17) is 18.5 Å². The molecule has 0 radical (unpaired) electrons. The Hall–Kier alpha value is -2.59. The van der Waals surface area contributed by atoms with E-state index in [0.717, 1.165) is 51.4 Å².